The molecule has 0 unspecified atom stereocenters. The normalized spacial score (nSPS) is 11.9. The molecule has 0 aliphatic heterocycles. The molecular weight excluding hydrogens is 425 g/mol. The summed E-state index contributed by atoms with van der Waals surface area (Å²) < 4.78 is 42.9. The van der Waals surface area contributed by atoms with Gasteiger partial charge in [-0.05, 0) is 32.4 Å². The molecule has 0 aliphatic carbocycles. The zero-order valence-electron chi connectivity index (χ0n) is 17.7. The van der Waals surface area contributed by atoms with Crippen molar-refractivity contribution in [3.8, 4) is 11.3 Å². The molecule has 4 rings (SSSR count). The molecule has 4 aromatic rings. The number of amides is 1. The maximum Gasteiger partial charge on any atom is 0.435 e. The Morgan fingerprint density at radius 1 is 1.19 bits per heavy atom. The van der Waals surface area contributed by atoms with Crippen molar-refractivity contribution in [2.24, 2.45) is 7.05 Å². The van der Waals surface area contributed by atoms with Gasteiger partial charge in [-0.15, -0.1) is 0 Å². The van der Waals surface area contributed by atoms with Gasteiger partial charge in [0.15, 0.2) is 17.0 Å². The Morgan fingerprint density at radius 3 is 2.62 bits per heavy atom. The molecule has 168 valence electrons. The van der Waals surface area contributed by atoms with Crippen LogP contribution in [0.5, 0.6) is 0 Å². The lowest BCUT2D eigenvalue weighted by Gasteiger charge is -2.06. The lowest BCUT2D eigenvalue weighted by atomic mass is 10.2. The molecule has 4 aromatic heterocycles. The Balaban J connectivity index is 1.42. The number of nitrogens with zero attached hydrogens (tertiary/aromatic N) is 7. The fourth-order valence-electron chi connectivity index (χ4n) is 3.36. The van der Waals surface area contributed by atoms with E-state index in [9.17, 15) is 18.0 Å². The van der Waals surface area contributed by atoms with Gasteiger partial charge < -0.3 is 5.32 Å². The van der Waals surface area contributed by atoms with E-state index >= 15 is 0 Å². The molecule has 0 aliphatic rings. The molecule has 0 bridgehead atoms. The first-order valence-corrected chi connectivity index (χ1v) is 9.89. The molecule has 0 radical (unpaired) electrons. The highest BCUT2D eigenvalue weighted by molar-refractivity contribution is 5.93. The predicted molar refractivity (Wildman–Crippen MR) is 109 cm³/mol. The molecule has 32 heavy (non-hydrogen) atoms. The number of fused-ring (bicyclic) bond motifs is 1. The molecule has 12 heteroatoms. The van der Waals surface area contributed by atoms with E-state index in [0.29, 0.717) is 17.8 Å². The summed E-state index contributed by atoms with van der Waals surface area (Å²) in [5.41, 5.74) is 2.78. The van der Waals surface area contributed by atoms with E-state index < -0.39 is 17.8 Å². The number of alkyl halides is 3. The van der Waals surface area contributed by atoms with E-state index in [-0.39, 0.29) is 18.8 Å². The minimum atomic E-state index is -4.48. The van der Waals surface area contributed by atoms with Crippen LogP contribution < -0.4 is 5.32 Å². The summed E-state index contributed by atoms with van der Waals surface area (Å²) in [4.78, 5) is 16.8. The van der Waals surface area contributed by atoms with Crippen molar-refractivity contribution in [3.63, 3.8) is 0 Å². The Hall–Kier alpha value is -3.70. The van der Waals surface area contributed by atoms with Gasteiger partial charge in [0.2, 0.25) is 0 Å². The minimum absolute atomic E-state index is 0.195. The van der Waals surface area contributed by atoms with E-state index in [1.54, 1.807) is 40.6 Å². The molecule has 1 N–H and O–H groups in total. The van der Waals surface area contributed by atoms with Crippen LogP contribution in [-0.2, 0) is 19.8 Å². The number of nitrogens with one attached hydrogen (secondary N) is 1. The Morgan fingerprint density at radius 2 is 1.97 bits per heavy atom. The van der Waals surface area contributed by atoms with Crippen molar-refractivity contribution >= 4 is 11.6 Å². The first-order valence-electron chi connectivity index (χ1n) is 9.89. The topological polar surface area (TPSA) is 94.9 Å². The SMILES string of the molecule is Cc1c(-c2ccnc3cc(C(=O)NCCCn4nc(C(F)(F)F)cc4C)nn23)cnn1C. The Kier molecular flexibility index (Phi) is 5.45. The van der Waals surface area contributed by atoms with Crippen molar-refractivity contribution in [2.45, 2.75) is 33.0 Å². The summed E-state index contributed by atoms with van der Waals surface area (Å²) in [6.07, 6.45) is -0.693. The molecular formula is C20H21F3N8O. The van der Waals surface area contributed by atoms with Crippen LogP contribution >= 0.6 is 0 Å². The maximum atomic E-state index is 12.8. The highest BCUT2D eigenvalue weighted by atomic mass is 19.4. The quantitative estimate of drug-likeness (QED) is 0.460. The molecule has 0 saturated heterocycles. The molecule has 0 atom stereocenters. The minimum Gasteiger partial charge on any atom is -0.351 e. The van der Waals surface area contributed by atoms with Crippen LogP contribution in [0.25, 0.3) is 16.9 Å². The third kappa shape index (κ3) is 4.07. The number of aryl methyl sites for hydroxylation is 3. The van der Waals surface area contributed by atoms with Crippen LogP contribution in [0.2, 0.25) is 0 Å². The van der Waals surface area contributed by atoms with Gasteiger partial charge in [-0.25, -0.2) is 9.50 Å². The molecule has 0 fully saturated rings. The Bertz CT molecular complexity index is 1280. The molecule has 0 saturated carbocycles. The summed E-state index contributed by atoms with van der Waals surface area (Å²) >= 11 is 0. The number of carbonyl (C=O) groups excluding carboxylic acids is 1. The van der Waals surface area contributed by atoms with Crippen LogP contribution in [0.3, 0.4) is 0 Å². The third-order valence-corrected chi connectivity index (χ3v) is 5.21. The average molecular weight is 446 g/mol. The van der Waals surface area contributed by atoms with Gasteiger partial charge >= 0.3 is 6.18 Å². The third-order valence-electron chi connectivity index (χ3n) is 5.21. The zero-order valence-corrected chi connectivity index (χ0v) is 17.7. The van der Waals surface area contributed by atoms with Gasteiger partial charge in [0.1, 0.15) is 0 Å². The summed E-state index contributed by atoms with van der Waals surface area (Å²) in [6.45, 7) is 4.01. The first-order chi connectivity index (χ1) is 15.1. The van der Waals surface area contributed by atoms with Crippen molar-refractivity contribution in [2.75, 3.05) is 6.54 Å². The van der Waals surface area contributed by atoms with Crippen molar-refractivity contribution in [1.82, 2.24) is 39.5 Å². The van der Waals surface area contributed by atoms with E-state index in [1.807, 2.05) is 14.0 Å². The number of hydrogen-bond acceptors (Lipinski definition) is 5. The summed E-state index contributed by atoms with van der Waals surface area (Å²) in [5.74, 6) is -0.391. The van der Waals surface area contributed by atoms with Gasteiger partial charge in [0.05, 0.1) is 11.9 Å². The summed E-state index contributed by atoms with van der Waals surface area (Å²) in [5, 5.41) is 14.9. The number of carbonyl (C=O) groups is 1. The monoisotopic (exact) mass is 446 g/mol. The second-order valence-corrected chi connectivity index (χ2v) is 7.40. The van der Waals surface area contributed by atoms with Crippen LogP contribution in [0, 0.1) is 13.8 Å². The van der Waals surface area contributed by atoms with E-state index in [0.717, 1.165) is 23.0 Å². The standard InChI is InChI=1S/C20H21F3N8O/c1-12-9-17(20(21,22)23)28-30(12)8-4-6-25-19(32)15-10-18-24-7-5-16(31(18)27-15)14-11-26-29(3)13(14)2/h5,7,9-11H,4,6,8H2,1-3H3,(H,25,32). The van der Waals surface area contributed by atoms with Crippen LogP contribution in [0.1, 0.15) is 34.0 Å². The van der Waals surface area contributed by atoms with Gasteiger partial charge in [-0.3, -0.25) is 14.2 Å². The summed E-state index contributed by atoms with van der Waals surface area (Å²) in [7, 11) is 1.84. The number of halogens is 3. The van der Waals surface area contributed by atoms with Gasteiger partial charge in [-0.1, -0.05) is 0 Å². The Labute approximate surface area is 180 Å². The fourth-order valence-corrected chi connectivity index (χ4v) is 3.36. The molecule has 1 amide bonds. The van der Waals surface area contributed by atoms with Crippen molar-refractivity contribution in [1.29, 1.82) is 0 Å². The maximum absolute atomic E-state index is 12.8. The van der Waals surface area contributed by atoms with Crippen LogP contribution in [-0.4, -0.2) is 46.6 Å². The number of aromatic nitrogens is 7. The number of hydrogen-bond donors (Lipinski definition) is 1. The van der Waals surface area contributed by atoms with Crippen LogP contribution in [0.15, 0.2) is 30.6 Å². The molecule has 4 heterocycles. The van der Waals surface area contributed by atoms with Crippen molar-refractivity contribution in [3.05, 3.63) is 53.4 Å². The van der Waals surface area contributed by atoms with E-state index in [2.05, 4.69) is 25.6 Å². The molecule has 0 aromatic carbocycles. The number of rotatable bonds is 6. The van der Waals surface area contributed by atoms with Crippen molar-refractivity contribution < 1.29 is 18.0 Å². The van der Waals surface area contributed by atoms with Gasteiger partial charge in [0, 0.05) is 49.4 Å². The second kappa shape index (κ2) is 8.09. The highest BCUT2D eigenvalue weighted by Crippen LogP contribution is 2.28. The van der Waals surface area contributed by atoms with Gasteiger partial charge in [0.25, 0.3) is 5.91 Å². The van der Waals surface area contributed by atoms with Gasteiger partial charge in [-0.2, -0.15) is 28.5 Å². The highest BCUT2D eigenvalue weighted by Gasteiger charge is 2.34. The predicted octanol–water partition coefficient (Wildman–Crippen LogP) is 2.78. The molecule has 0 spiro atoms. The van der Waals surface area contributed by atoms with Crippen LogP contribution in [0.4, 0.5) is 13.2 Å². The largest absolute Gasteiger partial charge is 0.435 e. The second-order valence-electron chi connectivity index (χ2n) is 7.40. The smallest absolute Gasteiger partial charge is 0.351 e. The molecule has 9 nitrogen and oxygen atoms in total. The first kappa shape index (κ1) is 21.5. The van der Waals surface area contributed by atoms with E-state index in [4.69, 9.17) is 0 Å². The van der Waals surface area contributed by atoms with E-state index in [1.165, 1.54) is 4.68 Å². The average Bonchev–Trinajstić information content (AvgIpc) is 3.42. The lowest BCUT2D eigenvalue weighted by Crippen LogP contribution is -2.26. The fraction of sp³-hybridized carbons (Fsp3) is 0.350. The lowest BCUT2D eigenvalue weighted by molar-refractivity contribution is -0.141. The zero-order chi connectivity index (χ0) is 23.0. The summed E-state index contributed by atoms with van der Waals surface area (Å²) in [6, 6.07) is 4.38.